The summed E-state index contributed by atoms with van der Waals surface area (Å²) < 4.78 is 5.04. The number of rotatable bonds is 3. The minimum absolute atomic E-state index is 0.0495. The zero-order valence-electron chi connectivity index (χ0n) is 9.98. The number of carbonyl (C=O) groups excluding carboxylic acids is 1. The highest BCUT2D eigenvalue weighted by molar-refractivity contribution is 6.42. The van der Waals surface area contributed by atoms with Crippen LogP contribution in [0, 0.1) is 0 Å². The number of phenols is 1. The van der Waals surface area contributed by atoms with Gasteiger partial charge in [-0.25, -0.2) is 0 Å². The van der Waals surface area contributed by atoms with E-state index in [0.29, 0.717) is 33.0 Å². The lowest BCUT2D eigenvalue weighted by molar-refractivity contribution is 0.112. The number of ether oxygens (including phenoxy) is 1. The summed E-state index contributed by atoms with van der Waals surface area (Å²) in [5.41, 5.74) is 1.50. The second kappa shape index (κ2) is 5.51. The van der Waals surface area contributed by atoms with E-state index in [1.165, 1.54) is 13.2 Å². The molecule has 0 fully saturated rings. The average molecular weight is 297 g/mol. The maximum Gasteiger partial charge on any atom is 0.165 e. The van der Waals surface area contributed by atoms with E-state index in [0.717, 1.165) is 0 Å². The quantitative estimate of drug-likeness (QED) is 0.864. The third-order valence-electron chi connectivity index (χ3n) is 2.68. The third-order valence-corrected chi connectivity index (χ3v) is 3.42. The first-order chi connectivity index (χ1) is 9.06. The van der Waals surface area contributed by atoms with Crippen molar-refractivity contribution in [1.29, 1.82) is 0 Å². The maximum absolute atomic E-state index is 10.9. The third kappa shape index (κ3) is 2.67. The van der Waals surface area contributed by atoms with Gasteiger partial charge in [0.15, 0.2) is 11.5 Å². The number of carbonyl (C=O) groups is 1. The van der Waals surface area contributed by atoms with Crippen molar-refractivity contribution in [2.75, 3.05) is 7.11 Å². The van der Waals surface area contributed by atoms with E-state index in [1.807, 2.05) is 0 Å². The van der Waals surface area contributed by atoms with Gasteiger partial charge in [-0.2, -0.15) is 0 Å². The number of benzene rings is 2. The van der Waals surface area contributed by atoms with Crippen molar-refractivity contribution in [3.8, 4) is 22.6 Å². The number of aldehydes is 1. The number of hydrogen-bond donors (Lipinski definition) is 1. The van der Waals surface area contributed by atoms with Crippen LogP contribution in [0.1, 0.15) is 10.4 Å². The minimum atomic E-state index is -0.0495. The molecule has 0 saturated carbocycles. The molecule has 0 aliphatic rings. The Morgan fingerprint density at radius 2 is 1.89 bits per heavy atom. The molecular weight excluding hydrogens is 287 g/mol. The van der Waals surface area contributed by atoms with Crippen molar-refractivity contribution in [3.05, 3.63) is 45.9 Å². The highest BCUT2D eigenvalue weighted by atomic mass is 35.5. The highest BCUT2D eigenvalue weighted by Gasteiger charge is 2.13. The first-order valence-corrected chi connectivity index (χ1v) is 6.14. The molecule has 0 amide bonds. The summed E-state index contributed by atoms with van der Waals surface area (Å²) >= 11 is 11.8. The van der Waals surface area contributed by atoms with Crippen LogP contribution in [-0.2, 0) is 0 Å². The maximum atomic E-state index is 10.9. The molecular formula is C14H10Cl2O3. The van der Waals surface area contributed by atoms with E-state index < -0.39 is 0 Å². The van der Waals surface area contributed by atoms with Crippen LogP contribution in [0.5, 0.6) is 11.5 Å². The van der Waals surface area contributed by atoms with E-state index in [9.17, 15) is 9.90 Å². The van der Waals surface area contributed by atoms with E-state index in [-0.39, 0.29) is 11.5 Å². The van der Waals surface area contributed by atoms with Gasteiger partial charge in [0.1, 0.15) is 6.29 Å². The van der Waals surface area contributed by atoms with E-state index in [2.05, 4.69) is 0 Å². The monoisotopic (exact) mass is 296 g/mol. The molecule has 0 aliphatic heterocycles. The van der Waals surface area contributed by atoms with Crippen molar-refractivity contribution >= 4 is 29.5 Å². The van der Waals surface area contributed by atoms with E-state index in [1.54, 1.807) is 24.3 Å². The lowest BCUT2D eigenvalue weighted by Gasteiger charge is -2.11. The Morgan fingerprint density at radius 3 is 2.47 bits per heavy atom. The van der Waals surface area contributed by atoms with Gasteiger partial charge < -0.3 is 9.84 Å². The predicted octanol–water partition coefficient (Wildman–Crippen LogP) is 4.19. The molecule has 0 unspecified atom stereocenters. The first kappa shape index (κ1) is 13.7. The SMILES string of the molecule is COc1cc(C=O)cc(-c2ccc(Cl)c(Cl)c2)c1O. The molecule has 5 heteroatoms. The molecule has 98 valence electrons. The molecule has 0 heterocycles. The topological polar surface area (TPSA) is 46.5 Å². The Kier molecular flexibility index (Phi) is 3.98. The molecule has 0 spiro atoms. The largest absolute Gasteiger partial charge is 0.504 e. The summed E-state index contributed by atoms with van der Waals surface area (Å²) in [6.45, 7) is 0. The summed E-state index contributed by atoms with van der Waals surface area (Å²) in [6, 6.07) is 7.97. The van der Waals surface area contributed by atoms with Gasteiger partial charge in [0.05, 0.1) is 17.2 Å². The van der Waals surface area contributed by atoms with Gasteiger partial charge in [-0.3, -0.25) is 4.79 Å². The number of hydrogen-bond acceptors (Lipinski definition) is 3. The van der Waals surface area contributed by atoms with Gasteiger partial charge in [-0.15, -0.1) is 0 Å². The van der Waals surface area contributed by atoms with Crippen molar-refractivity contribution in [3.63, 3.8) is 0 Å². The molecule has 2 aromatic rings. The molecule has 1 N–H and O–H groups in total. The molecule has 2 rings (SSSR count). The summed E-state index contributed by atoms with van der Waals surface area (Å²) in [5.74, 6) is 0.178. The predicted molar refractivity (Wildman–Crippen MR) is 75.5 cm³/mol. The number of halogens is 2. The van der Waals surface area contributed by atoms with Crippen LogP contribution in [0.15, 0.2) is 30.3 Å². The van der Waals surface area contributed by atoms with Crippen LogP contribution in [0.2, 0.25) is 10.0 Å². The molecule has 0 saturated heterocycles. The van der Waals surface area contributed by atoms with Gasteiger partial charge >= 0.3 is 0 Å². The molecule has 2 aromatic carbocycles. The summed E-state index contributed by atoms with van der Waals surface area (Å²) in [7, 11) is 1.42. The van der Waals surface area contributed by atoms with Crippen LogP contribution in [0.3, 0.4) is 0 Å². The molecule has 0 bridgehead atoms. The molecule has 0 atom stereocenters. The Morgan fingerprint density at radius 1 is 1.16 bits per heavy atom. The fourth-order valence-electron chi connectivity index (χ4n) is 1.74. The number of methoxy groups -OCH3 is 1. The van der Waals surface area contributed by atoms with E-state index in [4.69, 9.17) is 27.9 Å². The Balaban J connectivity index is 2.66. The summed E-state index contributed by atoms with van der Waals surface area (Å²) in [5, 5.41) is 10.9. The number of phenolic OH excluding ortho intramolecular Hbond substituents is 1. The normalized spacial score (nSPS) is 10.3. The smallest absolute Gasteiger partial charge is 0.165 e. The molecule has 0 radical (unpaired) electrons. The number of aromatic hydroxyl groups is 1. The average Bonchev–Trinajstić information content (AvgIpc) is 2.42. The van der Waals surface area contributed by atoms with Gasteiger partial charge in [-0.05, 0) is 29.8 Å². The highest BCUT2D eigenvalue weighted by Crippen LogP contribution is 2.39. The Hall–Kier alpha value is -1.71. The molecule has 3 nitrogen and oxygen atoms in total. The van der Waals surface area contributed by atoms with Crippen molar-refractivity contribution in [2.45, 2.75) is 0 Å². The van der Waals surface area contributed by atoms with Gasteiger partial charge in [0, 0.05) is 11.1 Å². The lowest BCUT2D eigenvalue weighted by atomic mass is 10.0. The standard InChI is InChI=1S/C14H10Cl2O3/c1-19-13-5-8(7-17)4-10(14(13)18)9-2-3-11(15)12(16)6-9/h2-7,18H,1H3. The van der Waals surface area contributed by atoms with Crippen LogP contribution in [0.25, 0.3) is 11.1 Å². The van der Waals surface area contributed by atoms with Crippen molar-refractivity contribution in [2.24, 2.45) is 0 Å². The fourth-order valence-corrected chi connectivity index (χ4v) is 2.03. The van der Waals surface area contributed by atoms with E-state index >= 15 is 0 Å². The van der Waals surface area contributed by atoms with Crippen molar-refractivity contribution < 1.29 is 14.6 Å². The van der Waals surface area contributed by atoms with Crippen LogP contribution in [0.4, 0.5) is 0 Å². The first-order valence-electron chi connectivity index (χ1n) is 5.38. The summed E-state index contributed by atoms with van der Waals surface area (Å²) in [6.07, 6.45) is 0.684. The van der Waals surface area contributed by atoms with Gasteiger partial charge in [-0.1, -0.05) is 29.3 Å². The van der Waals surface area contributed by atoms with Crippen LogP contribution >= 0.6 is 23.2 Å². The Labute approximate surface area is 120 Å². The molecule has 19 heavy (non-hydrogen) atoms. The second-order valence-electron chi connectivity index (χ2n) is 3.87. The van der Waals surface area contributed by atoms with Gasteiger partial charge in [0.25, 0.3) is 0 Å². The fraction of sp³-hybridized carbons (Fsp3) is 0.0714. The summed E-state index contributed by atoms with van der Waals surface area (Å²) in [4.78, 5) is 10.9. The minimum Gasteiger partial charge on any atom is -0.504 e. The van der Waals surface area contributed by atoms with Crippen LogP contribution in [-0.4, -0.2) is 18.5 Å². The Bertz CT molecular complexity index is 639. The molecule has 0 aliphatic carbocycles. The zero-order chi connectivity index (χ0) is 14.0. The second-order valence-corrected chi connectivity index (χ2v) is 4.68. The van der Waals surface area contributed by atoms with Crippen LogP contribution < -0.4 is 4.74 Å². The zero-order valence-corrected chi connectivity index (χ0v) is 11.5. The van der Waals surface area contributed by atoms with Crippen molar-refractivity contribution in [1.82, 2.24) is 0 Å². The van der Waals surface area contributed by atoms with Gasteiger partial charge in [0.2, 0.25) is 0 Å². The molecule has 0 aromatic heterocycles. The lowest BCUT2D eigenvalue weighted by Crippen LogP contribution is -1.90.